The predicted molar refractivity (Wildman–Crippen MR) is 82.9 cm³/mol. The number of aliphatic hydroxyl groups excluding tert-OH is 1. The molecule has 0 saturated carbocycles. The number of hydrogen-bond donors (Lipinski definition) is 1. The highest BCUT2D eigenvalue weighted by atomic mass is 16.3. The van der Waals surface area contributed by atoms with E-state index in [0.717, 1.165) is 5.56 Å². The van der Waals surface area contributed by atoms with Gasteiger partial charge < -0.3 is 9.67 Å². The zero-order chi connectivity index (χ0) is 15.8. The van der Waals surface area contributed by atoms with Crippen LogP contribution in [0.1, 0.15) is 0 Å². The first kappa shape index (κ1) is 13.5. The lowest BCUT2D eigenvalue weighted by Gasteiger charge is -2.05. The van der Waals surface area contributed by atoms with E-state index in [0.29, 0.717) is 22.5 Å². The number of fused-ring (bicyclic) bond motifs is 3. The first-order valence-electron chi connectivity index (χ1n) is 7.04. The van der Waals surface area contributed by atoms with Crippen LogP contribution in [0.2, 0.25) is 0 Å². The van der Waals surface area contributed by atoms with E-state index in [9.17, 15) is 4.79 Å². The maximum Gasteiger partial charge on any atom is 0.261 e. The van der Waals surface area contributed by atoms with Crippen LogP contribution in [0.15, 0.2) is 47.8 Å². The van der Waals surface area contributed by atoms with Gasteiger partial charge in [0.1, 0.15) is 0 Å². The van der Waals surface area contributed by atoms with Crippen molar-refractivity contribution in [2.75, 3.05) is 6.61 Å². The monoisotopic (exact) mass is 308 g/mol. The van der Waals surface area contributed by atoms with E-state index in [1.54, 1.807) is 35.2 Å². The van der Waals surface area contributed by atoms with Crippen LogP contribution in [0, 0.1) is 0 Å². The minimum Gasteiger partial charge on any atom is -0.395 e. The number of hydrogen-bond acceptors (Lipinski definition) is 6. The Bertz CT molecular complexity index is 1050. The van der Waals surface area contributed by atoms with Gasteiger partial charge in [0.15, 0.2) is 5.82 Å². The zero-order valence-electron chi connectivity index (χ0n) is 12.0. The van der Waals surface area contributed by atoms with Gasteiger partial charge in [0.25, 0.3) is 11.3 Å². The first-order chi connectivity index (χ1) is 11.3. The third-order valence-electron chi connectivity index (χ3n) is 3.57. The van der Waals surface area contributed by atoms with Gasteiger partial charge >= 0.3 is 0 Å². The van der Waals surface area contributed by atoms with Gasteiger partial charge in [0, 0.05) is 36.9 Å². The average Bonchev–Trinajstić information content (AvgIpc) is 3.03. The van der Waals surface area contributed by atoms with E-state index in [2.05, 4.69) is 20.1 Å². The summed E-state index contributed by atoms with van der Waals surface area (Å²) in [5.74, 6) is 0.910. The van der Waals surface area contributed by atoms with Gasteiger partial charge in [0.05, 0.1) is 17.5 Å². The summed E-state index contributed by atoms with van der Waals surface area (Å²) >= 11 is 0. The average molecular weight is 308 g/mol. The summed E-state index contributed by atoms with van der Waals surface area (Å²) in [6.45, 7) is 0.140. The summed E-state index contributed by atoms with van der Waals surface area (Å²) in [6, 6.07) is 5.43. The fraction of sp³-hybridized carbons (Fsp3) is 0.133. The summed E-state index contributed by atoms with van der Waals surface area (Å²) in [5.41, 5.74) is 1.18. The minimum atomic E-state index is -0.218. The molecular formula is C15H12N6O2. The molecule has 0 bridgehead atoms. The van der Waals surface area contributed by atoms with Crippen LogP contribution in [-0.4, -0.2) is 40.8 Å². The summed E-state index contributed by atoms with van der Waals surface area (Å²) in [5, 5.41) is 13.9. The Morgan fingerprint density at radius 2 is 2.13 bits per heavy atom. The van der Waals surface area contributed by atoms with Crippen molar-refractivity contribution in [2.45, 2.75) is 6.54 Å². The van der Waals surface area contributed by atoms with E-state index < -0.39 is 0 Å². The Hall–Kier alpha value is -3.13. The number of aliphatic hydroxyl groups is 1. The first-order valence-corrected chi connectivity index (χ1v) is 7.04. The fourth-order valence-corrected chi connectivity index (χ4v) is 2.46. The van der Waals surface area contributed by atoms with E-state index in [1.165, 1.54) is 10.8 Å². The molecule has 0 amide bonds. The van der Waals surface area contributed by atoms with Gasteiger partial charge in [-0.3, -0.25) is 9.78 Å². The van der Waals surface area contributed by atoms with Crippen molar-refractivity contribution in [3.8, 4) is 11.4 Å². The molecule has 0 saturated heterocycles. The number of aromatic nitrogens is 6. The van der Waals surface area contributed by atoms with Crippen LogP contribution in [0.4, 0.5) is 0 Å². The van der Waals surface area contributed by atoms with Crippen molar-refractivity contribution < 1.29 is 5.11 Å². The maximum atomic E-state index is 12.4. The molecule has 0 aromatic carbocycles. The SMILES string of the molecule is O=c1c2cnc3nc(-c4cccnc4)nn3c2ccn1CCO. The van der Waals surface area contributed by atoms with Crippen LogP contribution in [0.3, 0.4) is 0 Å². The molecule has 8 heteroatoms. The Labute approximate surface area is 129 Å². The molecule has 4 rings (SSSR count). The lowest BCUT2D eigenvalue weighted by Crippen LogP contribution is -2.21. The van der Waals surface area contributed by atoms with Crippen molar-refractivity contribution in [2.24, 2.45) is 0 Å². The maximum absolute atomic E-state index is 12.4. The third kappa shape index (κ3) is 2.16. The smallest absolute Gasteiger partial charge is 0.261 e. The number of nitrogens with zero attached hydrogens (tertiary/aromatic N) is 6. The second kappa shape index (κ2) is 5.25. The molecule has 0 atom stereocenters. The van der Waals surface area contributed by atoms with Gasteiger partial charge in [0.2, 0.25) is 0 Å². The Kier molecular flexibility index (Phi) is 3.09. The summed E-state index contributed by atoms with van der Waals surface area (Å²) in [7, 11) is 0. The van der Waals surface area contributed by atoms with Gasteiger partial charge in [-0.25, -0.2) is 4.98 Å². The van der Waals surface area contributed by atoms with Crippen LogP contribution in [0.25, 0.3) is 28.1 Å². The summed E-state index contributed by atoms with van der Waals surface area (Å²) in [4.78, 5) is 25.0. The van der Waals surface area contributed by atoms with Crippen molar-refractivity contribution in [1.82, 2.24) is 29.1 Å². The molecule has 23 heavy (non-hydrogen) atoms. The molecule has 0 radical (unpaired) electrons. The Morgan fingerprint density at radius 1 is 1.22 bits per heavy atom. The molecule has 0 aliphatic rings. The molecule has 114 valence electrons. The lowest BCUT2D eigenvalue weighted by molar-refractivity contribution is 0.274. The summed E-state index contributed by atoms with van der Waals surface area (Å²) < 4.78 is 2.98. The fourth-order valence-electron chi connectivity index (χ4n) is 2.46. The molecule has 0 aliphatic heterocycles. The normalized spacial score (nSPS) is 11.3. The number of rotatable bonds is 3. The van der Waals surface area contributed by atoms with Gasteiger partial charge in [-0.15, -0.1) is 5.10 Å². The number of pyridine rings is 2. The molecular weight excluding hydrogens is 296 g/mol. The highest BCUT2D eigenvalue weighted by Gasteiger charge is 2.12. The zero-order valence-corrected chi connectivity index (χ0v) is 12.0. The highest BCUT2D eigenvalue weighted by molar-refractivity contribution is 5.79. The molecule has 1 N–H and O–H groups in total. The Morgan fingerprint density at radius 3 is 2.91 bits per heavy atom. The van der Waals surface area contributed by atoms with Crippen molar-refractivity contribution in [3.63, 3.8) is 0 Å². The predicted octanol–water partition coefficient (Wildman–Crippen LogP) is 0.493. The van der Waals surface area contributed by atoms with Crippen molar-refractivity contribution in [1.29, 1.82) is 0 Å². The third-order valence-corrected chi connectivity index (χ3v) is 3.57. The highest BCUT2D eigenvalue weighted by Crippen LogP contribution is 2.16. The van der Waals surface area contributed by atoms with Crippen molar-refractivity contribution >= 4 is 16.7 Å². The van der Waals surface area contributed by atoms with Gasteiger partial charge in [-0.1, -0.05) is 0 Å². The van der Waals surface area contributed by atoms with E-state index in [1.807, 2.05) is 6.07 Å². The molecule has 0 aliphatic carbocycles. The Balaban J connectivity index is 1.97. The molecule has 4 aromatic heterocycles. The second-order valence-electron chi connectivity index (χ2n) is 4.98. The molecule has 0 unspecified atom stereocenters. The second-order valence-corrected chi connectivity index (χ2v) is 4.98. The molecule has 4 heterocycles. The van der Waals surface area contributed by atoms with Gasteiger partial charge in [-0.05, 0) is 18.2 Å². The quantitative estimate of drug-likeness (QED) is 0.591. The van der Waals surface area contributed by atoms with Gasteiger partial charge in [-0.2, -0.15) is 9.50 Å². The van der Waals surface area contributed by atoms with E-state index >= 15 is 0 Å². The topological polar surface area (TPSA) is 98.2 Å². The van der Waals surface area contributed by atoms with E-state index in [-0.39, 0.29) is 18.7 Å². The summed E-state index contributed by atoms with van der Waals surface area (Å²) in [6.07, 6.45) is 6.47. The standard InChI is InChI=1S/C15H12N6O2/c22-7-6-20-5-3-12-11(14(20)23)9-17-15-18-13(19-21(12)15)10-2-1-4-16-8-10/h1-5,8-9,22H,6-7H2. The molecule has 0 spiro atoms. The molecule has 8 nitrogen and oxygen atoms in total. The lowest BCUT2D eigenvalue weighted by atomic mass is 10.3. The van der Waals surface area contributed by atoms with Crippen LogP contribution in [0.5, 0.6) is 0 Å². The van der Waals surface area contributed by atoms with E-state index in [4.69, 9.17) is 5.11 Å². The largest absolute Gasteiger partial charge is 0.395 e. The molecule has 0 fully saturated rings. The van der Waals surface area contributed by atoms with Crippen LogP contribution >= 0.6 is 0 Å². The van der Waals surface area contributed by atoms with Crippen LogP contribution in [-0.2, 0) is 6.54 Å². The van der Waals surface area contributed by atoms with Crippen LogP contribution < -0.4 is 5.56 Å². The van der Waals surface area contributed by atoms with Crippen molar-refractivity contribution in [3.05, 3.63) is 53.3 Å². The molecule has 4 aromatic rings. The minimum absolute atomic E-state index is 0.102.